The predicted octanol–water partition coefficient (Wildman–Crippen LogP) is 3.30. The molecule has 3 fully saturated rings. The number of aliphatic carboxylic acids is 1. The van der Waals surface area contributed by atoms with Gasteiger partial charge in [-0.1, -0.05) is 12.8 Å². The molecule has 1 aromatic rings. The summed E-state index contributed by atoms with van der Waals surface area (Å²) in [6.45, 7) is 2.67. The van der Waals surface area contributed by atoms with Crippen molar-refractivity contribution in [3.63, 3.8) is 0 Å². The van der Waals surface area contributed by atoms with Crippen molar-refractivity contribution in [3.8, 4) is 0 Å². The Morgan fingerprint density at radius 3 is 2.62 bits per heavy atom. The van der Waals surface area contributed by atoms with E-state index in [1.807, 2.05) is 11.3 Å². The van der Waals surface area contributed by atoms with E-state index in [0.717, 1.165) is 38.4 Å². The summed E-state index contributed by atoms with van der Waals surface area (Å²) in [5, 5.41) is 9.58. The summed E-state index contributed by atoms with van der Waals surface area (Å²) in [4.78, 5) is 30.9. The lowest BCUT2D eigenvalue weighted by Crippen LogP contribution is -2.55. The first-order valence-corrected chi connectivity index (χ1v) is 10.6. The van der Waals surface area contributed by atoms with Crippen LogP contribution >= 0.6 is 11.3 Å². The smallest absolute Gasteiger partial charge is 0.309 e. The van der Waals surface area contributed by atoms with Gasteiger partial charge in [0.15, 0.2) is 0 Å². The monoisotopic (exact) mass is 376 g/mol. The zero-order valence-electron chi connectivity index (χ0n) is 15.4. The maximum atomic E-state index is 12.1. The second-order valence-corrected chi connectivity index (χ2v) is 9.41. The molecule has 1 atom stereocenters. The number of amides is 1. The van der Waals surface area contributed by atoms with E-state index in [1.165, 1.54) is 35.4 Å². The number of rotatable bonds is 4. The van der Waals surface area contributed by atoms with Gasteiger partial charge in [0.05, 0.1) is 11.5 Å². The van der Waals surface area contributed by atoms with Crippen molar-refractivity contribution in [1.29, 1.82) is 0 Å². The summed E-state index contributed by atoms with van der Waals surface area (Å²) in [5.74, 6) is -0.633. The Morgan fingerprint density at radius 2 is 1.96 bits per heavy atom. The lowest BCUT2D eigenvalue weighted by Gasteiger charge is -2.45. The summed E-state index contributed by atoms with van der Waals surface area (Å²) >= 11 is 1.95. The fourth-order valence-electron chi connectivity index (χ4n) is 5.21. The molecule has 4 rings (SSSR count). The van der Waals surface area contributed by atoms with E-state index in [0.29, 0.717) is 0 Å². The maximum Gasteiger partial charge on any atom is 0.309 e. The van der Waals surface area contributed by atoms with Gasteiger partial charge in [-0.2, -0.15) is 0 Å². The number of carboxylic acid groups (broad SMARTS) is 1. The molecule has 142 valence electrons. The van der Waals surface area contributed by atoms with Gasteiger partial charge in [0.1, 0.15) is 0 Å². The topological polar surface area (TPSA) is 60.9 Å². The average molecular weight is 377 g/mol. The van der Waals surface area contributed by atoms with Gasteiger partial charge in [-0.15, -0.1) is 11.3 Å². The highest BCUT2D eigenvalue weighted by Crippen LogP contribution is 2.43. The number of carbonyl (C=O) groups excluding carboxylic acids is 1. The molecular formula is C20H28N2O3S. The number of hydrogen-bond acceptors (Lipinski definition) is 4. The van der Waals surface area contributed by atoms with Crippen molar-refractivity contribution >= 4 is 23.2 Å². The molecule has 5 nitrogen and oxygen atoms in total. The average Bonchev–Trinajstić information content (AvgIpc) is 3.34. The zero-order chi connectivity index (χ0) is 18.3. The first-order valence-electron chi connectivity index (χ1n) is 9.80. The van der Waals surface area contributed by atoms with E-state index in [4.69, 9.17) is 0 Å². The summed E-state index contributed by atoms with van der Waals surface area (Å²) in [6.07, 6.45) is 7.07. The van der Waals surface area contributed by atoms with Crippen molar-refractivity contribution in [1.82, 2.24) is 9.80 Å². The van der Waals surface area contributed by atoms with E-state index in [-0.39, 0.29) is 12.3 Å². The minimum atomic E-state index is -0.824. The van der Waals surface area contributed by atoms with Crippen LogP contribution in [-0.2, 0) is 16.1 Å². The molecule has 1 N–H and O–H groups in total. The lowest BCUT2D eigenvalue weighted by molar-refractivity contribution is -0.146. The number of nitrogens with zero attached hydrogens (tertiary/aromatic N) is 2. The van der Waals surface area contributed by atoms with Gasteiger partial charge < -0.3 is 10.0 Å². The van der Waals surface area contributed by atoms with E-state index >= 15 is 0 Å². The van der Waals surface area contributed by atoms with Crippen LogP contribution in [0, 0.1) is 5.92 Å². The zero-order valence-corrected chi connectivity index (χ0v) is 16.3. The summed E-state index contributed by atoms with van der Waals surface area (Å²) in [7, 11) is 1.79. The Kier molecular flexibility index (Phi) is 4.82. The van der Waals surface area contributed by atoms with Crippen molar-refractivity contribution in [2.24, 2.45) is 5.92 Å². The molecule has 6 heteroatoms. The SMILES string of the molecule is CN1C(=O)CC(C(=O)O)C12CCN(Cc1ccc(C3CCCC3)s1)CC2. The molecule has 1 spiro atoms. The van der Waals surface area contributed by atoms with Crippen LogP contribution in [-0.4, -0.2) is 52.5 Å². The second kappa shape index (κ2) is 6.97. The van der Waals surface area contributed by atoms with Crippen molar-refractivity contribution in [2.45, 2.75) is 62.9 Å². The largest absolute Gasteiger partial charge is 0.481 e. The number of carbonyl (C=O) groups is 2. The lowest BCUT2D eigenvalue weighted by atomic mass is 9.77. The summed E-state index contributed by atoms with van der Waals surface area (Å²) in [6, 6.07) is 4.58. The third-order valence-corrected chi connectivity index (χ3v) is 8.14. The quantitative estimate of drug-likeness (QED) is 0.876. The van der Waals surface area contributed by atoms with Crippen LogP contribution in [0.25, 0.3) is 0 Å². The van der Waals surface area contributed by atoms with E-state index in [9.17, 15) is 14.7 Å². The molecule has 3 heterocycles. The van der Waals surface area contributed by atoms with Crippen LogP contribution < -0.4 is 0 Å². The number of thiophene rings is 1. The first kappa shape index (κ1) is 18.0. The van der Waals surface area contributed by atoms with E-state index < -0.39 is 17.4 Å². The van der Waals surface area contributed by atoms with Crippen molar-refractivity contribution in [3.05, 3.63) is 21.9 Å². The first-order chi connectivity index (χ1) is 12.5. The number of hydrogen-bond donors (Lipinski definition) is 1. The fourth-order valence-corrected chi connectivity index (χ4v) is 6.44. The van der Waals surface area contributed by atoms with Gasteiger partial charge in [0.2, 0.25) is 5.91 Å². The third kappa shape index (κ3) is 3.07. The molecule has 0 radical (unpaired) electrons. The number of piperidine rings is 1. The summed E-state index contributed by atoms with van der Waals surface area (Å²) in [5.41, 5.74) is -0.482. The molecule has 0 aromatic carbocycles. The van der Waals surface area contributed by atoms with Crippen LogP contribution in [0.15, 0.2) is 12.1 Å². The van der Waals surface area contributed by atoms with Gasteiger partial charge in [-0.3, -0.25) is 14.5 Å². The summed E-state index contributed by atoms with van der Waals surface area (Å²) < 4.78 is 0. The Balaban J connectivity index is 1.39. The molecular weight excluding hydrogens is 348 g/mol. The van der Waals surface area contributed by atoms with Gasteiger partial charge in [-0.25, -0.2) is 0 Å². The second-order valence-electron chi connectivity index (χ2n) is 8.21. The van der Waals surface area contributed by atoms with Gasteiger partial charge in [-0.05, 0) is 43.7 Å². The molecule has 0 bridgehead atoms. The standard InChI is InChI=1S/C20H28N2O3S/c1-21-18(23)12-16(19(24)25)20(21)8-10-22(11-9-20)13-15-6-7-17(26-15)14-4-2-3-5-14/h6-7,14,16H,2-5,8-13H2,1H3,(H,24,25). The Morgan fingerprint density at radius 1 is 1.27 bits per heavy atom. The maximum absolute atomic E-state index is 12.1. The predicted molar refractivity (Wildman–Crippen MR) is 101 cm³/mol. The number of likely N-dealkylation sites (tertiary alicyclic amines) is 2. The highest BCUT2D eigenvalue weighted by Gasteiger charge is 2.55. The number of carboxylic acids is 1. The molecule has 1 aliphatic carbocycles. The van der Waals surface area contributed by atoms with E-state index in [2.05, 4.69) is 17.0 Å². The van der Waals surface area contributed by atoms with Crippen LogP contribution in [0.4, 0.5) is 0 Å². The Labute approximate surface area is 159 Å². The third-order valence-electron chi connectivity index (χ3n) is 6.91. The molecule has 2 aliphatic heterocycles. The van der Waals surface area contributed by atoms with Gasteiger partial charge in [0, 0.05) is 42.9 Å². The van der Waals surface area contributed by atoms with Crippen LogP contribution in [0.1, 0.15) is 60.6 Å². The van der Waals surface area contributed by atoms with Crippen molar-refractivity contribution in [2.75, 3.05) is 20.1 Å². The minimum absolute atomic E-state index is 0.0229. The molecule has 1 saturated carbocycles. The molecule has 26 heavy (non-hydrogen) atoms. The molecule has 3 aliphatic rings. The van der Waals surface area contributed by atoms with Crippen LogP contribution in [0.2, 0.25) is 0 Å². The van der Waals surface area contributed by atoms with Crippen molar-refractivity contribution < 1.29 is 14.7 Å². The van der Waals surface area contributed by atoms with Gasteiger partial charge >= 0.3 is 5.97 Å². The molecule has 1 amide bonds. The molecule has 2 saturated heterocycles. The van der Waals surface area contributed by atoms with Gasteiger partial charge in [0.25, 0.3) is 0 Å². The van der Waals surface area contributed by atoms with Crippen LogP contribution in [0.3, 0.4) is 0 Å². The normalized spacial score (nSPS) is 26.9. The Hall–Kier alpha value is -1.40. The minimum Gasteiger partial charge on any atom is -0.481 e. The fraction of sp³-hybridized carbons (Fsp3) is 0.700. The highest BCUT2D eigenvalue weighted by molar-refractivity contribution is 7.12. The highest BCUT2D eigenvalue weighted by atomic mass is 32.1. The molecule has 1 aromatic heterocycles. The Bertz CT molecular complexity index is 687. The van der Waals surface area contributed by atoms with E-state index in [1.54, 1.807) is 11.9 Å². The molecule has 1 unspecified atom stereocenters. The van der Waals surface area contributed by atoms with Crippen LogP contribution in [0.5, 0.6) is 0 Å².